The summed E-state index contributed by atoms with van der Waals surface area (Å²) in [6, 6.07) is 16.0. The third-order valence-corrected chi connectivity index (χ3v) is 7.10. The van der Waals surface area contributed by atoms with Crippen molar-refractivity contribution in [2.45, 2.75) is 26.7 Å². The van der Waals surface area contributed by atoms with E-state index in [1.807, 2.05) is 19.1 Å². The summed E-state index contributed by atoms with van der Waals surface area (Å²) in [5, 5.41) is 2.43. The Morgan fingerprint density at radius 3 is 2.56 bits per heavy atom. The molecule has 6 rings (SSSR count). The molecule has 6 aromatic rings. The van der Waals surface area contributed by atoms with E-state index >= 15 is 0 Å². The molecule has 0 atom stereocenters. The molecular formula is C26H21FN4S. The highest BCUT2D eigenvalue weighted by Crippen LogP contribution is 2.39. The highest BCUT2D eigenvalue weighted by Gasteiger charge is 2.14. The summed E-state index contributed by atoms with van der Waals surface area (Å²) in [4.78, 5) is 15.6. The lowest BCUT2D eigenvalue weighted by molar-refractivity contribution is 0.631. The van der Waals surface area contributed by atoms with Crippen LogP contribution in [0.3, 0.4) is 0 Å². The second-order valence-electron chi connectivity index (χ2n) is 8.16. The van der Waals surface area contributed by atoms with Gasteiger partial charge in [-0.25, -0.2) is 14.4 Å². The zero-order chi connectivity index (χ0) is 21.8. The van der Waals surface area contributed by atoms with Crippen molar-refractivity contribution in [1.82, 2.24) is 19.9 Å². The van der Waals surface area contributed by atoms with Gasteiger partial charge in [0.05, 0.1) is 22.1 Å². The molecule has 0 amide bonds. The van der Waals surface area contributed by atoms with Gasteiger partial charge >= 0.3 is 0 Å². The number of fused-ring (bicyclic) bond motifs is 5. The number of aromatic nitrogens is 4. The Labute approximate surface area is 188 Å². The van der Waals surface area contributed by atoms with E-state index in [1.165, 1.54) is 20.2 Å². The van der Waals surface area contributed by atoms with Crippen LogP contribution in [0.15, 0.2) is 54.7 Å². The SMILES string of the molecule is CCCc1nc2c(ccc3c4ccc(-c5ccc(-c6cnc(C)[nH]6)c(F)c5)cc4sc32)[nH]1. The number of nitrogens with zero attached hydrogens (tertiary/aromatic N) is 2. The van der Waals surface area contributed by atoms with E-state index in [0.29, 0.717) is 11.3 Å². The van der Waals surface area contributed by atoms with Gasteiger partial charge in [-0.1, -0.05) is 31.2 Å². The monoisotopic (exact) mass is 440 g/mol. The van der Waals surface area contributed by atoms with Crippen molar-refractivity contribution in [3.8, 4) is 22.4 Å². The zero-order valence-corrected chi connectivity index (χ0v) is 18.6. The van der Waals surface area contributed by atoms with Crippen LogP contribution in [0, 0.1) is 12.7 Å². The largest absolute Gasteiger partial charge is 0.342 e. The van der Waals surface area contributed by atoms with Crippen molar-refractivity contribution in [3.05, 3.63) is 72.2 Å². The molecule has 0 aliphatic carbocycles. The van der Waals surface area contributed by atoms with Gasteiger partial charge < -0.3 is 9.97 Å². The first-order valence-electron chi connectivity index (χ1n) is 10.8. The zero-order valence-electron chi connectivity index (χ0n) is 17.8. The fraction of sp³-hybridized carbons (Fsp3) is 0.154. The Morgan fingerprint density at radius 1 is 0.969 bits per heavy atom. The van der Waals surface area contributed by atoms with E-state index in [2.05, 4.69) is 52.2 Å². The third kappa shape index (κ3) is 3.02. The topological polar surface area (TPSA) is 57.4 Å². The molecule has 0 spiro atoms. The maximum atomic E-state index is 14.9. The molecule has 0 saturated carbocycles. The van der Waals surface area contributed by atoms with Crippen molar-refractivity contribution in [2.24, 2.45) is 0 Å². The smallest absolute Gasteiger partial charge is 0.133 e. The first-order chi connectivity index (χ1) is 15.6. The van der Waals surface area contributed by atoms with E-state index < -0.39 is 0 Å². The molecule has 6 heteroatoms. The number of thiophene rings is 1. The second kappa shape index (κ2) is 7.28. The number of benzene rings is 3. The highest BCUT2D eigenvalue weighted by molar-refractivity contribution is 7.26. The fourth-order valence-electron chi connectivity index (χ4n) is 4.36. The first-order valence-corrected chi connectivity index (χ1v) is 11.6. The van der Waals surface area contributed by atoms with Gasteiger partial charge in [0.25, 0.3) is 0 Å². The predicted octanol–water partition coefficient (Wildman–Crippen LogP) is 7.39. The Morgan fingerprint density at radius 2 is 1.78 bits per heavy atom. The number of H-pyrrole nitrogens is 2. The molecule has 0 unspecified atom stereocenters. The number of rotatable bonds is 4. The quantitative estimate of drug-likeness (QED) is 0.300. The average Bonchev–Trinajstić information content (AvgIpc) is 3.49. The van der Waals surface area contributed by atoms with Gasteiger partial charge in [-0.3, -0.25) is 0 Å². The van der Waals surface area contributed by atoms with E-state index in [4.69, 9.17) is 4.98 Å². The summed E-state index contributed by atoms with van der Waals surface area (Å²) in [7, 11) is 0. The molecule has 3 aromatic carbocycles. The predicted molar refractivity (Wildman–Crippen MR) is 131 cm³/mol. The molecule has 4 nitrogen and oxygen atoms in total. The number of aryl methyl sites for hydroxylation is 2. The molecule has 3 aromatic heterocycles. The molecule has 2 N–H and O–H groups in total. The van der Waals surface area contributed by atoms with Gasteiger partial charge in [0.2, 0.25) is 0 Å². The van der Waals surface area contributed by atoms with Crippen LogP contribution >= 0.6 is 11.3 Å². The van der Waals surface area contributed by atoms with Crippen LogP contribution in [-0.2, 0) is 6.42 Å². The normalized spacial score (nSPS) is 11.8. The van der Waals surface area contributed by atoms with Crippen LogP contribution in [0.5, 0.6) is 0 Å². The third-order valence-electron chi connectivity index (χ3n) is 5.92. The Bertz CT molecular complexity index is 1620. The number of aromatic amines is 2. The standard InChI is InChI=1S/C26H21FN4S/c1-3-4-24-30-21-10-9-18-17-7-5-16(12-23(17)32-26(18)25(21)31-24)15-6-8-19(20(27)11-15)22-13-28-14(2)29-22/h5-13H,3-4H2,1-2H3,(H,28,29)(H,30,31). The number of imidazole rings is 2. The summed E-state index contributed by atoms with van der Waals surface area (Å²) >= 11 is 1.75. The highest BCUT2D eigenvalue weighted by atomic mass is 32.1. The van der Waals surface area contributed by atoms with Crippen molar-refractivity contribution in [3.63, 3.8) is 0 Å². The van der Waals surface area contributed by atoms with E-state index in [9.17, 15) is 4.39 Å². The van der Waals surface area contributed by atoms with Gasteiger partial charge in [-0.2, -0.15) is 0 Å². The fourth-order valence-corrected chi connectivity index (χ4v) is 5.60. The molecule has 158 valence electrons. The Kier molecular flexibility index (Phi) is 4.36. The van der Waals surface area contributed by atoms with Gasteiger partial charge in [-0.05, 0) is 48.7 Å². The molecule has 0 radical (unpaired) electrons. The Hall–Kier alpha value is -3.51. The first kappa shape index (κ1) is 19.2. The lowest BCUT2D eigenvalue weighted by Crippen LogP contribution is -1.87. The minimum atomic E-state index is -0.260. The number of hydrogen-bond donors (Lipinski definition) is 2. The van der Waals surface area contributed by atoms with Crippen LogP contribution in [-0.4, -0.2) is 19.9 Å². The lowest BCUT2D eigenvalue weighted by Gasteiger charge is -2.06. The van der Waals surface area contributed by atoms with Crippen molar-refractivity contribution in [2.75, 3.05) is 0 Å². The maximum absolute atomic E-state index is 14.9. The molecule has 0 aliphatic rings. The van der Waals surface area contributed by atoms with Gasteiger partial charge in [0.1, 0.15) is 23.0 Å². The summed E-state index contributed by atoms with van der Waals surface area (Å²) in [6.45, 7) is 4.02. The van der Waals surface area contributed by atoms with Crippen molar-refractivity contribution >= 4 is 42.5 Å². The molecule has 32 heavy (non-hydrogen) atoms. The molecular weight excluding hydrogens is 419 g/mol. The minimum absolute atomic E-state index is 0.260. The minimum Gasteiger partial charge on any atom is -0.342 e. The number of hydrogen-bond acceptors (Lipinski definition) is 3. The van der Waals surface area contributed by atoms with Crippen LogP contribution in [0.1, 0.15) is 25.0 Å². The summed E-state index contributed by atoms with van der Waals surface area (Å²) < 4.78 is 17.3. The molecule has 0 saturated heterocycles. The molecule has 0 bridgehead atoms. The van der Waals surface area contributed by atoms with Crippen LogP contribution < -0.4 is 0 Å². The summed E-state index contributed by atoms with van der Waals surface area (Å²) in [6.07, 6.45) is 3.68. The van der Waals surface area contributed by atoms with Gasteiger partial charge in [0.15, 0.2) is 0 Å². The number of nitrogens with one attached hydrogen (secondary N) is 2. The molecule has 0 fully saturated rings. The van der Waals surface area contributed by atoms with Crippen LogP contribution in [0.4, 0.5) is 4.39 Å². The van der Waals surface area contributed by atoms with Gasteiger partial charge in [0, 0.05) is 27.5 Å². The van der Waals surface area contributed by atoms with E-state index in [0.717, 1.165) is 46.7 Å². The van der Waals surface area contributed by atoms with Gasteiger partial charge in [-0.15, -0.1) is 11.3 Å². The van der Waals surface area contributed by atoms with Crippen molar-refractivity contribution in [1.29, 1.82) is 0 Å². The second-order valence-corrected chi connectivity index (χ2v) is 9.21. The van der Waals surface area contributed by atoms with Crippen LogP contribution in [0.25, 0.3) is 53.6 Å². The lowest BCUT2D eigenvalue weighted by atomic mass is 10.0. The van der Waals surface area contributed by atoms with E-state index in [-0.39, 0.29) is 5.82 Å². The molecule has 0 aliphatic heterocycles. The molecule has 3 heterocycles. The van der Waals surface area contributed by atoms with E-state index in [1.54, 1.807) is 23.6 Å². The Balaban J connectivity index is 1.45. The number of halogens is 1. The average molecular weight is 441 g/mol. The maximum Gasteiger partial charge on any atom is 0.133 e. The van der Waals surface area contributed by atoms with Crippen molar-refractivity contribution < 1.29 is 4.39 Å². The summed E-state index contributed by atoms with van der Waals surface area (Å²) in [5.74, 6) is 1.55. The summed E-state index contributed by atoms with van der Waals surface area (Å²) in [5.41, 5.74) is 5.20. The van der Waals surface area contributed by atoms with Crippen LogP contribution in [0.2, 0.25) is 0 Å².